The Morgan fingerprint density at radius 3 is 2.95 bits per heavy atom. The molecule has 0 aliphatic carbocycles. The number of terminal acetylenes is 1. The van der Waals surface area contributed by atoms with Crippen molar-refractivity contribution in [1.29, 1.82) is 0 Å². The van der Waals surface area contributed by atoms with E-state index in [1.165, 1.54) is 0 Å². The highest BCUT2D eigenvalue weighted by molar-refractivity contribution is 5.69. The minimum atomic E-state index is -0.861. The standard InChI is InChI=1S/C16H19NO4/c1-3-8-17(10-16(18)19)12(2)4-5-13-6-7-14-15(9-13)21-11-20-14/h1,6-7,9,12H,4-5,8,10-11H2,2H3,(H,18,19). The van der Waals surface area contributed by atoms with Crippen LogP contribution in [0.5, 0.6) is 11.5 Å². The summed E-state index contributed by atoms with van der Waals surface area (Å²) in [6.45, 7) is 2.57. The lowest BCUT2D eigenvalue weighted by Crippen LogP contribution is -2.37. The number of hydrogen-bond donors (Lipinski definition) is 1. The van der Waals surface area contributed by atoms with Gasteiger partial charge >= 0.3 is 5.97 Å². The summed E-state index contributed by atoms with van der Waals surface area (Å²) in [5, 5.41) is 8.91. The number of carbonyl (C=O) groups is 1. The molecule has 1 aliphatic heterocycles. The Bertz CT molecular complexity index is 550. The highest BCUT2D eigenvalue weighted by Gasteiger charge is 2.17. The molecular weight excluding hydrogens is 270 g/mol. The summed E-state index contributed by atoms with van der Waals surface area (Å²) in [5.41, 5.74) is 1.14. The molecule has 1 aliphatic rings. The summed E-state index contributed by atoms with van der Waals surface area (Å²) in [6, 6.07) is 5.97. The first kappa shape index (κ1) is 15.2. The summed E-state index contributed by atoms with van der Waals surface area (Å²) >= 11 is 0. The van der Waals surface area contributed by atoms with E-state index in [2.05, 4.69) is 5.92 Å². The fourth-order valence-corrected chi connectivity index (χ4v) is 2.31. The molecule has 1 unspecified atom stereocenters. The molecule has 0 saturated heterocycles. The van der Waals surface area contributed by atoms with E-state index in [1.54, 1.807) is 4.90 Å². The van der Waals surface area contributed by atoms with Crippen molar-refractivity contribution in [3.63, 3.8) is 0 Å². The predicted molar refractivity (Wildman–Crippen MR) is 78.4 cm³/mol. The first-order valence-corrected chi connectivity index (χ1v) is 6.88. The third kappa shape index (κ3) is 4.14. The molecule has 5 nitrogen and oxygen atoms in total. The molecule has 0 aromatic heterocycles. The van der Waals surface area contributed by atoms with Crippen LogP contribution in [0.1, 0.15) is 18.9 Å². The van der Waals surface area contributed by atoms with Gasteiger partial charge in [-0.15, -0.1) is 6.42 Å². The van der Waals surface area contributed by atoms with Gasteiger partial charge in [-0.1, -0.05) is 12.0 Å². The smallest absolute Gasteiger partial charge is 0.317 e. The Labute approximate surface area is 124 Å². The molecule has 0 saturated carbocycles. The van der Waals surface area contributed by atoms with Crippen LogP contribution in [0.2, 0.25) is 0 Å². The Morgan fingerprint density at radius 2 is 2.24 bits per heavy atom. The van der Waals surface area contributed by atoms with E-state index >= 15 is 0 Å². The molecule has 0 bridgehead atoms. The van der Waals surface area contributed by atoms with Gasteiger partial charge in [-0.25, -0.2) is 0 Å². The maximum absolute atomic E-state index is 10.9. The highest BCUT2D eigenvalue weighted by Crippen LogP contribution is 2.32. The largest absolute Gasteiger partial charge is 0.480 e. The van der Waals surface area contributed by atoms with E-state index in [0.717, 1.165) is 29.9 Å². The summed E-state index contributed by atoms with van der Waals surface area (Å²) < 4.78 is 10.6. The van der Waals surface area contributed by atoms with Crippen molar-refractivity contribution in [1.82, 2.24) is 4.90 Å². The summed E-state index contributed by atoms with van der Waals surface area (Å²) in [4.78, 5) is 12.6. The van der Waals surface area contributed by atoms with Gasteiger partial charge in [0, 0.05) is 6.04 Å². The molecule has 21 heavy (non-hydrogen) atoms. The maximum Gasteiger partial charge on any atom is 0.317 e. The summed E-state index contributed by atoms with van der Waals surface area (Å²) in [6.07, 6.45) is 6.96. The van der Waals surface area contributed by atoms with Crippen LogP contribution in [0.4, 0.5) is 0 Å². The van der Waals surface area contributed by atoms with E-state index in [1.807, 2.05) is 25.1 Å². The highest BCUT2D eigenvalue weighted by atomic mass is 16.7. The monoisotopic (exact) mass is 289 g/mol. The van der Waals surface area contributed by atoms with Crippen LogP contribution < -0.4 is 9.47 Å². The van der Waals surface area contributed by atoms with Gasteiger partial charge in [-0.05, 0) is 37.5 Å². The number of carboxylic acid groups (broad SMARTS) is 1. The molecule has 1 aromatic rings. The van der Waals surface area contributed by atoms with Crippen LogP contribution in [0.25, 0.3) is 0 Å². The van der Waals surface area contributed by atoms with Gasteiger partial charge in [0.05, 0.1) is 13.1 Å². The maximum atomic E-state index is 10.9. The van der Waals surface area contributed by atoms with E-state index in [-0.39, 0.29) is 19.4 Å². The van der Waals surface area contributed by atoms with Crippen molar-refractivity contribution in [3.8, 4) is 23.8 Å². The van der Waals surface area contributed by atoms with Crippen LogP contribution >= 0.6 is 0 Å². The van der Waals surface area contributed by atoms with Gasteiger partial charge in [0.2, 0.25) is 6.79 Å². The van der Waals surface area contributed by atoms with Crippen LogP contribution in [-0.4, -0.2) is 41.9 Å². The van der Waals surface area contributed by atoms with Crippen molar-refractivity contribution < 1.29 is 19.4 Å². The molecular formula is C16H19NO4. The van der Waals surface area contributed by atoms with Gasteiger partial charge in [-0.3, -0.25) is 9.69 Å². The number of carboxylic acids is 1. The quantitative estimate of drug-likeness (QED) is 0.775. The molecule has 1 N–H and O–H groups in total. The number of aliphatic carboxylic acids is 1. The Morgan fingerprint density at radius 1 is 1.48 bits per heavy atom. The van der Waals surface area contributed by atoms with Crippen molar-refractivity contribution in [2.24, 2.45) is 0 Å². The van der Waals surface area contributed by atoms with Crippen molar-refractivity contribution in [3.05, 3.63) is 23.8 Å². The molecule has 5 heteroatoms. The second-order valence-electron chi connectivity index (χ2n) is 5.08. The zero-order chi connectivity index (χ0) is 15.2. The molecule has 112 valence electrons. The molecule has 0 fully saturated rings. The minimum Gasteiger partial charge on any atom is -0.480 e. The Balaban J connectivity index is 1.91. The third-order valence-electron chi connectivity index (χ3n) is 3.54. The van der Waals surface area contributed by atoms with Crippen LogP contribution in [0, 0.1) is 12.3 Å². The number of fused-ring (bicyclic) bond motifs is 1. The third-order valence-corrected chi connectivity index (χ3v) is 3.54. The molecule has 1 aromatic carbocycles. The molecule has 2 rings (SSSR count). The van der Waals surface area contributed by atoms with Crippen molar-refractivity contribution >= 4 is 5.97 Å². The number of hydrogen-bond acceptors (Lipinski definition) is 4. The van der Waals surface area contributed by atoms with E-state index in [0.29, 0.717) is 6.54 Å². The Hall–Kier alpha value is -2.19. The number of ether oxygens (including phenoxy) is 2. The topological polar surface area (TPSA) is 59.0 Å². The van der Waals surface area contributed by atoms with Gasteiger partial charge in [0.15, 0.2) is 11.5 Å². The zero-order valence-corrected chi connectivity index (χ0v) is 12.0. The van der Waals surface area contributed by atoms with Gasteiger partial charge in [-0.2, -0.15) is 0 Å². The second kappa shape index (κ2) is 7.00. The van der Waals surface area contributed by atoms with Crippen molar-refractivity contribution in [2.45, 2.75) is 25.8 Å². The zero-order valence-electron chi connectivity index (χ0n) is 12.0. The lowest BCUT2D eigenvalue weighted by Gasteiger charge is -2.25. The number of nitrogens with zero attached hydrogens (tertiary/aromatic N) is 1. The fraction of sp³-hybridized carbons (Fsp3) is 0.438. The summed E-state index contributed by atoms with van der Waals surface area (Å²) in [7, 11) is 0. The average molecular weight is 289 g/mol. The van der Waals surface area contributed by atoms with Crippen LogP contribution in [0.15, 0.2) is 18.2 Å². The average Bonchev–Trinajstić information content (AvgIpc) is 2.91. The lowest BCUT2D eigenvalue weighted by molar-refractivity contribution is -0.138. The number of aryl methyl sites for hydroxylation is 1. The molecule has 0 spiro atoms. The fourth-order valence-electron chi connectivity index (χ4n) is 2.31. The lowest BCUT2D eigenvalue weighted by atomic mass is 10.0. The van der Waals surface area contributed by atoms with Crippen LogP contribution in [-0.2, 0) is 11.2 Å². The second-order valence-corrected chi connectivity index (χ2v) is 5.08. The SMILES string of the molecule is C#CCN(CC(=O)O)C(C)CCc1ccc2c(c1)OCO2. The van der Waals surface area contributed by atoms with Gasteiger partial charge in [0.25, 0.3) is 0 Å². The van der Waals surface area contributed by atoms with E-state index in [9.17, 15) is 4.79 Å². The molecule has 0 amide bonds. The van der Waals surface area contributed by atoms with E-state index < -0.39 is 5.97 Å². The predicted octanol–water partition coefficient (Wildman–Crippen LogP) is 1.76. The first-order valence-electron chi connectivity index (χ1n) is 6.88. The van der Waals surface area contributed by atoms with Gasteiger partial charge in [0.1, 0.15) is 0 Å². The minimum absolute atomic E-state index is 0.0352. The number of rotatable bonds is 7. The van der Waals surface area contributed by atoms with Gasteiger partial charge < -0.3 is 14.6 Å². The molecule has 1 heterocycles. The number of benzene rings is 1. The molecule has 0 radical (unpaired) electrons. The normalized spacial score (nSPS) is 14.0. The molecule has 1 atom stereocenters. The van der Waals surface area contributed by atoms with E-state index in [4.69, 9.17) is 21.0 Å². The Kier molecular flexibility index (Phi) is 5.07. The summed E-state index contributed by atoms with van der Waals surface area (Å²) in [5.74, 6) is 3.19. The van der Waals surface area contributed by atoms with Crippen molar-refractivity contribution in [2.75, 3.05) is 19.9 Å². The first-order chi connectivity index (χ1) is 10.1. The van der Waals surface area contributed by atoms with Crippen LogP contribution in [0.3, 0.4) is 0 Å².